The molecule has 0 unspecified atom stereocenters. The Morgan fingerprint density at radius 3 is 2.60 bits per heavy atom. The fraction of sp³-hybridized carbons (Fsp3) is 0.0870. The van der Waals surface area contributed by atoms with Crippen LogP contribution in [0.3, 0.4) is 0 Å². The van der Waals surface area contributed by atoms with Crippen LogP contribution in [0, 0.1) is 6.92 Å². The van der Waals surface area contributed by atoms with Gasteiger partial charge in [0.15, 0.2) is 0 Å². The maximum absolute atomic E-state index is 12.9. The minimum atomic E-state index is -0.166. The van der Waals surface area contributed by atoms with Crippen molar-refractivity contribution >= 4 is 50.0 Å². The van der Waals surface area contributed by atoms with Crippen LogP contribution in [0.1, 0.15) is 27.1 Å². The van der Waals surface area contributed by atoms with Crippen molar-refractivity contribution in [1.29, 1.82) is 0 Å². The molecule has 0 saturated carbocycles. The first-order chi connectivity index (χ1) is 14.5. The molecule has 0 atom stereocenters. The molecule has 0 fully saturated rings. The number of rotatable bonds is 3. The van der Waals surface area contributed by atoms with Gasteiger partial charge in [-0.3, -0.25) is 14.2 Å². The molecule has 0 aliphatic heterocycles. The summed E-state index contributed by atoms with van der Waals surface area (Å²) in [6.07, 6.45) is 1.74. The first-order valence-electron chi connectivity index (χ1n) is 9.49. The Kier molecular flexibility index (Phi) is 4.25. The van der Waals surface area contributed by atoms with Gasteiger partial charge in [0.25, 0.3) is 5.91 Å². The highest BCUT2D eigenvalue weighted by Gasteiger charge is 2.17. The van der Waals surface area contributed by atoms with Crippen molar-refractivity contribution in [1.82, 2.24) is 14.3 Å². The number of anilines is 1. The quantitative estimate of drug-likeness (QED) is 0.438. The van der Waals surface area contributed by atoms with Gasteiger partial charge in [-0.15, -0.1) is 11.3 Å². The molecular weight excluding hydrogens is 396 g/mol. The summed E-state index contributed by atoms with van der Waals surface area (Å²) in [6.45, 7) is 3.47. The standard InChI is InChI=1S/C23H18N4O2S/c1-14-19-13-21(30-23(19)27(25-14)18-6-4-3-5-7-18)22(29)24-17-8-9-20-16(12-17)10-11-26(20)15(2)28/h3-13H,1-2H3,(H,24,29). The zero-order valence-electron chi connectivity index (χ0n) is 16.4. The van der Waals surface area contributed by atoms with Gasteiger partial charge in [-0.2, -0.15) is 5.10 Å². The summed E-state index contributed by atoms with van der Waals surface area (Å²) in [5.74, 6) is -0.213. The Morgan fingerprint density at radius 1 is 1.03 bits per heavy atom. The van der Waals surface area contributed by atoms with Crippen molar-refractivity contribution in [2.24, 2.45) is 0 Å². The highest BCUT2D eigenvalue weighted by molar-refractivity contribution is 7.20. The summed E-state index contributed by atoms with van der Waals surface area (Å²) >= 11 is 1.42. The van der Waals surface area contributed by atoms with Crippen LogP contribution in [0.4, 0.5) is 5.69 Å². The van der Waals surface area contributed by atoms with Crippen molar-refractivity contribution in [2.75, 3.05) is 5.32 Å². The molecule has 2 aromatic carbocycles. The van der Waals surface area contributed by atoms with E-state index < -0.39 is 0 Å². The number of carbonyl (C=O) groups is 2. The molecule has 7 heteroatoms. The summed E-state index contributed by atoms with van der Waals surface area (Å²) in [5, 5.41) is 9.46. The van der Waals surface area contributed by atoms with Crippen LogP contribution in [-0.2, 0) is 0 Å². The number of hydrogen-bond acceptors (Lipinski definition) is 4. The number of carbonyl (C=O) groups excluding carboxylic acids is 2. The van der Waals surface area contributed by atoms with Gasteiger partial charge in [0.1, 0.15) is 4.83 Å². The number of amides is 1. The van der Waals surface area contributed by atoms with Gasteiger partial charge in [0, 0.05) is 29.6 Å². The van der Waals surface area contributed by atoms with Crippen LogP contribution in [0.2, 0.25) is 0 Å². The molecule has 0 aliphatic rings. The van der Waals surface area contributed by atoms with E-state index in [1.54, 1.807) is 10.8 Å². The van der Waals surface area contributed by atoms with Crippen molar-refractivity contribution in [3.8, 4) is 5.69 Å². The topological polar surface area (TPSA) is 68.9 Å². The number of benzene rings is 2. The Labute approximate surface area is 176 Å². The van der Waals surface area contributed by atoms with Crippen LogP contribution in [0.25, 0.3) is 26.8 Å². The lowest BCUT2D eigenvalue weighted by Crippen LogP contribution is -2.10. The second kappa shape index (κ2) is 6.96. The lowest BCUT2D eigenvalue weighted by Gasteiger charge is -2.05. The summed E-state index contributed by atoms with van der Waals surface area (Å²) in [7, 11) is 0. The summed E-state index contributed by atoms with van der Waals surface area (Å²) in [6, 6.07) is 19.2. The van der Waals surface area contributed by atoms with E-state index in [1.165, 1.54) is 18.3 Å². The molecule has 0 bridgehead atoms. The maximum atomic E-state index is 12.9. The van der Waals surface area contributed by atoms with Gasteiger partial charge in [0.2, 0.25) is 5.91 Å². The summed E-state index contributed by atoms with van der Waals surface area (Å²) < 4.78 is 3.47. The molecular formula is C23H18N4O2S. The molecule has 6 nitrogen and oxygen atoms in total. The van der Waals surface area contributed by atoms with Gasteiger partial charge < -0.3 is 5.32 Å². The second-order valence-corrected chi connectivity index (χ2v) is 8.13. The highest BCUT2D eigenvalue weighted by Crippen LogP contribution is 2.31. The summed E-state index contributed by atoms with van der Waals surface area (Å²) in [4.78, 5) is 26.1. The number of thiophene rings is 1. The fourth-order valence-corrected chi connectivity index (χ4v) is 4.67. The molecule has 0 saturated heterocycles. The van der Waals surface area contributed by atoms with E-state index in [1.807, 2.05) is 72.3 Å². The molecule has 3 heterocycles. The Bertz CT molecular complexity index is 1430. The number of aryl methyl sites for hydroxylation is 1. The van der Waals surface area contributed by atoms with E-state index in [9.17, 15) is 9.59 Å². The third-order valence-electron chi connectivity index (χ3n) is 5.06. The van der Waals surface area contributed by atoms with E-state index in [0.29, 0.717) is 10.6 Å². The monoisotopic (exact) mass is 414 g/mol. The predicted octanol–water partition coefficient (Wildman–Crippen LogP) is 5.26. The van der Waals surface area contributed by atoms with Crippen molar-refractivity contribution < 1.29 is 9.59 Å². The molecule has 5 rings (SSSR count). The fourth-order valence-electron chi connectivity index (χ4n) is 3.59. The molecule has 1 amide bonds. The van der Waals surface area contributed by atoms with Crippen molar-refractivity contribution in [3.05, 3.63) is 77.4 Å². The molecule has 148 valence electrons. The molecule has 0 radical (unpaired) electrons. The van der Waals surface area contributed by atoms with E-state index in [0.717, 1.165) is 32.5 Å². The van der Waals surface area contributed by atoms with Gasteiger partial charge in [0.05, 0.1) is 21.8 Å². The van der Waals surface area contributed by atoms with Crippen molar-refractivity contribution in [3.63, 3.8) is 0 Å². The van der Waals surface area contributed by atoms with Gasteiger partial charge in [-0.1, -0.05) is 18.2 Å². The van der Waals surface area contributed by atoms with Gasteiger partial charge in [-0.25, -0.2) is 4.68 Å². The predicted molar refractivity (Wildman–Crippen MR) is 120 cm³/mol. The zero-order chi connectivity index (χ0) is 20.8. The Morgan fingerprint density at radius 2 is 1.83 bits per heavy atom. The number of fused-ring (bicyclic) bond motifs is 2. The third kappa shape index (κ3) is 3.00. The average Bonchev–Trinajstić information content (AvgIpc) is 3.43. The number of para-hydroxylation sites is 1. The average molecular weight is 414 g/mol. The smallest absolute Gasteiger partial charge is 0.265 e. The molecule has 0 aliphatic carbocycles. The minimum Gasteiger partial charge on any atom is -0.321 e. The van der Waals surface area contributed by atoms with Crippen LogP contribution in [0.15, 0.2) is 66.9 Å². The first kappa shape index (κ1) is 18.3. The van der Waals surface area contributed by atoms with Crippen molar-refractivity contribution in [2.45, 2.75) is 13.8 Å². The molecule has 30 heavy (non-hydrogen) atoms. The van der Waals surface area contributed by atoms with E-state index in [2.05, 4.69) is 10.4 Å². The van der Waals surface area contributed by atoms with E-state index in [-0.39, 0.29) is 11.8 Å². The SMILES string of the molecule is CC(=O)n1ccc2cc(NC(=O)c3cc4c(C)nn(-c5ccccc5)c4s3)ccc21. The van der Waals surface area contributed by atoms with Gasteiger partial charge in [-0.05, 0) is 49.4 Å². The lowest BCUT2D eigenvalue weighted by molar-refractivity contribution is 0.0941. The second-order valence-electron chi connectivity index (χ2n) is 7.09. The van der Waals surface area contributed by atoms with Crippen LogP contribution in [-0.4, -0.2) is 26.2 Å². The molecule has 3 aromatic heterocycles. The highest BCUT2D eigenvalue weighted by atomic mass is 32.1. The van der Waals surface area contributed by atoms with Gasteiger partial charge >= 0.3 is 0 Å². The van der Waals surface area contributed by atoms with Crippen LogP contribution in [0.5, 0.6) is 0 Å². The first-order valence-corrected chi connectivity index (χ1v) is 10.3. The molecule has 1 N–H and O–H groups in total. The van der Waals surface area contributed by atoms with Crippen LogP contribution < -0.4 is 5.32 Å². The number of hydrogen-bond donors (Lipinski definition) is 1. The zero-order valence-corrected chi connectivity index (χ0v) is 17.2. The lowest BCUT2D eigenvalue weighted by atomic mass is 10.2. The normalized spacial score (nSPS) is 11.3. The van der Waals surface area contributed by atoms with E-state index >= 15 is 0 Å². The maximum Gasteiger partial charge on any atom is 0.265 e. The number of nitrogens with one attached hydrogen (secondary N) is 1. The Balaban J connectivity index is 1.47. The molecule has 5 aromatic rings. The molecule has 0 spiro atoms. The largest absolute Gasteiger partial charge is 0.321 e. The summed E-state index contributed by atoms with van der Waals surface area (Å²) in [5.41, 5.74) is 3.36. The third-order valence-corrected chi connectivity index (χ3v) is 6.17. The number of aromatic nitrogens is 3. The van der Waals surface area contributed by atoms with E-state index in [4.69, 9.17) is 0 Å². The Hall–Kier alpha value is -3.71. The van der Waals surface area contributed by atoms with Crippen LogP contribution >= 0.6 is 11.3 Å². The minimum absolute atomic E-state index is 0.0464. The number of nitrogens with zero attached hydrogens (tertiary/aromatic N) is 3.